The number of carboxylic acids is 1. The third kappa shape index (κ3) is 13.7. The maximum atomic E-state index is 14.5. The van der Waals surface area contributed by atoms with Crippen molar-refractivity contribution in [2.45, 2.75) is 121 Å². The van der Waals surface area contributed by atoms with Gasteiger partial charge in [-0.2, -0.15) is 0 Å². The summed E-state index contributed by atoms with van der Waals surface area (Å²) in [6.07, 6.45) is 5.97. The van der Waals surface area contributed by atoms with Gasteiger partial charge >= 0.3 is 30.0 Å². The lowest BCUT2D eigenvalue weighted by Gasteiger charge is -2.37. The number of nitrogens with one attached hydrogen (secondary N) is 8. The molecule has 27 heteroatoms. The van der Waals surface area contributed by atoms with Crippen LogP contribution in [-0.4, -0.2) is 117 Å². The van der Waals surface area contributed by atoms with Crippen LogP contribution in [-0.2, 0) is 55.7 Å². The smallest absolute Gasteiger partial charge is 0.355 e. The zero-order valence-electron chi connectivity index (χ0n) is 48.9. The largest absolute Gasteiger partial charge is 0.508 e. The zero-order chi connectivity index (χ0) is 63.2. The monoisotopic (exact) mass is 1240 g/mol. The molecule has 10 N–H and O–H groups in total. The number of aliphatic carboxylic acids is 1. The summed E-state index contributed by atoms with van der Waals surface area (Å²) in [7, 11) is -4.05. The molecule has 3 unspecified atom stereocenters. The Morgan fingerprint density at radius 2 is 1.65 bits per heavy atom. The number of ether oxygens (including phenoxy) is 2. The van der Waals surface area contributed by atoms with Crippen LogP contribution >= 0.6 is 12.2 Å². The van der Waals surface area contributed by atoms with Crippen LogP contribution in [0.1, 0.15) is 114 Å². The van der Waals surface area contributed by atoms with Crippen molar-refractivity contribution in [2.24, 2.45) is 5.92 Å². The molecule has 0 radical (unpaired) electrons. The first-order chi connectivity index (χ1) is 42.0. The van der Waals surface area contributed by atoms with Crippen molar-refractivity contribution in [1.82, 2.24) is 41.0 Å². The number of benzene rings is 3. The first-order valence-electron chi connectivity index (χ1n) is 28.9. The Hall–Kier alpha value is -9.37. The Morgan fingerprint density at radius 3 is 2.35 bits per heavy atom. The highest BCUT2D eigenvalue weighted by Crippen LogP contribution is 2.45. The van der Waals surface area contributed by atoms with Crippen molar-refractivity contribution >= 4 is 97.1 Å². The highest BCUT2D eigenvalue weighted by molar-refractivity contribution is 7.93. The molecule has 464 valence electrons. The van der Waals surface area contributed by atoms with Gasteiger partial charge in [0, 0.05) is 58.8 Å². The van der Waals surface area contributed by atoms with Crippen molar-refractivity contribution in [3.05, 3.63) is 135 Å². The lowest BCUT2D eigenvalue weighted by molar-refractivity contribution is -0.191. The maximum absolute atomic E-state index is 14.5. The number of pyridine rings is 2. The molecule has 1 aliphatic carbocycles. The molecule has 2 aromatic heterocycles. The molecule has 3 aliphatic heterocycles. The third-order valence-electron chi connectivity index (χ3n) is 15.7. The number of nitrogens with zero attached hydrogens (tertiary/aromatic N) is 3. The average Bonchev–Trinajstić information content (AvgIpc) is 1.48. The Morgan fingerprint density at radius 1 is 0.898 bits per heavy atom. The molecule has 5 heterocycles. The molecule has 0 spiro atoms. The van der Waals surface area contributed by atoms with Crippen LogP contribution in [0.25, 0.3) is 22.3 Å². The minimum atomic E-state index is -4.05. The van der Waals surface area contributed by atoms with E-state index >= 15 is 0 Å². The summed E-state index contributed by atoms with van der Waals surface area (Å²) in [4.78, 5) is 114. The number of aromatic hydroxyl groups is 1. The molecule has 3 aromatic carbocycles. The molecule has 0 bridgehead atoms. The Labute approximate surface area is 512 Å². The number of esters is 2. The van der Waals surface area contributed by atoms with Crippen LogP contribution < -0.4 is 47.5 Å². The lowest BCUT2D eigenvalue weighted by atomic mass is 9.85. The van der Waals surface area contributed by atoms with E-state index in [2.05, 4.69) is 41.9 Å². The molecular formula is C61H69N11O14S2. The van der Waals surface area contributed by atoms with Gasteiger partial charge in [-0.15, -0.1) is 0 Å². The fraction of sp³-hybridized carbons (Fsp3) is 0.377. The number of sulfonamides is 1. The number of carboxylic acid groups (broad SMARTS) is 1. The second kappa shape index (κ2) is 26.7. The van der Waals surface area contributed by atoms with Crippen molar-refractivity contribution < 1.29 is 61.7 Å². The van der Waals surface area contributed by atoms with Crippen LogP contribution in [0, 0.1) is 5.92 Å². The number of hydrogen-bond acceptors (Lipinski definition) is 15. The van der Waals surface area contributed by atoms with Gasteiger partial charge in [0.1, 0.15) is 29.7 Å². The molecule has 25 nitrogen and oxygen atoms in total. The SMILES string of the molecule is CCCNC(=O)NC1=CC=CC(S(=O)(=O)Nc2cccc(C(CC(=O)O)NC(=O)Nc3ccc(NC(=S)NCC(=O)N4CCC[C@H]4C(=O)N[C@H](C(=O)O[C@]4(CC)C(=O)OCc5c4cc4n(c5=O)C(CC)c5cc6cc(O)ccc6nc5-4)C(C)C)cc3)c2)C1. The second-order valence-corrected chi connectivity index (χ2v) is 24.4. The molecule has 6 amide bonds. The number of thiocarbonyl (C=S) groups is 1. The van der Waals surface area contributed by atoms with Gasteiger partial charge < -0.3 is 61.8 Å². The molecule has 1 fully saturated rings. The van der Waals surface area contributed by atoms with E-state index in [1.54, 1.807) is 79.9 Å². The topological polar surface area (TPSA) is 347 Å². The summed E-state index contributed by atoms with van der Waals surface area (Å²) in [5, 5.41) is 38.9. The number of urea groups is 2. The van der Waals surface area contributed by atoms with E-state index in [0.29, 0.717) is 64.3 Å². The van der Waals surface area contributed by atoms with Gasteiger partial charge in [0.25, 0.3) is 5.56 Å². The van der Waals surface area contributed by atoms with Gasteiger partial charge in [0.15, 0.2) is 5.11 Å². The Bertz CT molecular complexity index is 3850. The maximum Gasteiger partial charge on any atom is 0.355 e. The number of fused-ring (bicyclic) bond motifs is 5. The first-order valence-corrected chi connectivity index (χ1v) is 30.9. The quantitative estimate of drug-likeness (QED) is 0.0280. The number of carbonyl (C=O) groups excluding carboxylic acids is 6. The molecular weight excluding hydrogens is 1170 g/mol. The van der Waals surface area contributed by atoms with Gasteiger partial charge in [-0.05, 0) is 129 Å². The van der Waals surface area contributed by atoms with Gasteiger partial charge in [0.05, 0.1) is 47.5 Å². The Kier molecular flexibility index (Phi) is 19.2. The van der Waals surface area contributed by atoms with E-state index in [1.807, 2.05) is 19.9 Å². The van der Waals surface area contributed by atoms with Gasteiger partial charge in [-0.3, -0.25) is 28.5 Å². The molecule has 9 rings (SSSR count). The van der Waals surface area contributed by atoms with Gasteiger partial charge in [-0.25, -0.2) is 32.6 Å². The number of hydrogen-bond donors (Lipinski definition) is 10. The van der Waals surface area contributed by atoms with Crippen LogP contribution in [0.3, 0.4) is 0 Å². The fourth-order valence-corrected chi connectivity index (χ4v) is 12.8. The van der Waals surface area contributed by atoms with Crippen LogP contribution in [0.4, 0.5) is 26.7 Å². The standard InChI is InChI=1S/C61H69N11O14S2/c1-6-23-62-58(81)65-38-13-10-15-41(28-38)88(83,84)70-39-14-9-12-34(25-39)46(30-51(75)76)68-59(82)64-36-17-19-37(20-18-36)66-60(87)63-31-50(74)71-24-11-16-48(71)54(77)69-52(33(4)5)56(79)86-61(8-3)44-29-49-53-42(27-35-26-40(73)21-22-45(35)67-53)47(7-2)72(49)55(78)43(44)32-85-57(61)80/h9-10,12-15,17-22,25-27,29,33,41,46-48,52,70,73H,6-8,11,16,23-24,28,30-32H2,1-5H3,(H,69,77)(H,75,76)(H2,62,65,81)(H2,63,66,87)(H2,64,68,82)/t41?,46?,47?,48-,52-,61-/m0/s1. The summed E-state index contributed by atoms with van der Waals surface area (Å²) in [5.41, 5.74) is 1.66. The van der Waals surface area contributed by atoms with E-state index in [1.165, 1.54) is 41.3 Å². The predicted molar refractivity (Wildman–Crippen MR) is 330 cm³/mol. The number of anilines is 3. The summed E-state index contributed by atoms with van der Waals surface area (Å²) in [6.45, 7) is 8.86. The van der Waals surface area contributed by atoms with E-state index in [-0.39, 0.29) is 66.6 Å². The number of phenolic OH excluding ortho intramolecular Hbond substituents is 1. The first kappa shape index (κ1) is 63.1. The number of phenols is 1. The minimum Gasteiger partial charge on any atom is -0.508 e. The molecule has 4 aliphatic rings. The van der Waals surface area contributed by atoms with Crippen LogP contribution in [0.5, 0.6) is 5.75 Å². The number of rotatable bonds is 21. The van der Waals surface area contributed by atoms with Gasteiger partial charge in [-0.1, -0.05) is 58.9 Å². The predicted octanol–water partition coefficient (Wildman–Crippen LogP) is 6.41. The summed E-state index contributed by atoms with van der Waals surface area (Å²) in [5.74, 6) is -4.65. The highest BCUT2D eigenvalue weighted by Gasteiger charge is 2.52. The van der Waals surface area contributed by atoms with E-state index in [4.69, 9.17) is 26.7 Å². The second-order valence-electron chi connectivity index (χ2n) is 22.1. The molecule has 88 heavy (non-hydrogen) atoms. The Balaban J connectivity index is 0.779. The van der Waals surface area contributed by atoms with Crippen LogP contribution in [0.2, 0.25) is 0 Å². The van der Waals surface area contributed by atoms with E-state index in [9.17, 15) is 57.0 Å². The number of amides is 6. The van der Waals surface area contributed by atoms with Crippen molar-refractivity contribution in [3.8, 4) is 17.1 Å². The summed E-state index contributed by atoms with van der Waals surface area (Å²) >= 11 is 5.48. The zero-order valence-corrected chi connectivity index (χ0v) is 50.6. The van der Waals surface area contributed by atoms with Crippen molar-refractivity contribution in [2.75, 3.05) is 35.0 Å². The molecule has 0 saturated carbocycles. The van der Waals surface area contributed by atoms with Crippen molar-refractivity contribution in [3.63, 3.8) is 0 Å². The molecule has 5 aromatic rings. The number of aromatic nitrogens is 2. The average molecular weight is 1240 g/mol. The van der Waals surface area contributed by atoms with E-state index in [0.717, 1.165) is 12.0 Å². The number of allylic oxidation sites excluding steroid dienone is 3. The van der Waals surface area contributed by atoms with Gasteiger partial charge in [0.2, 0.25) is 27.4 Å². The van der Waals surface area contributed by atoms with Crippen molar-refractivity contribution in [1.29, 1.82) is 0 Å². The third-order valence-corrected chi connectivity index (χ3v) is 17.6. The number of likely N-dealkylation sites (tertiary alicyclic amines) is 1. The number of carbonyl (C=O) groups is 7. The fourth-order valence-electron chi connectivity index (χ4n) is 11.3. The van der Waals surface area contributed by atoms with Crippen LogP contribution in [0.15, 0.2) is 108 Å². The normalized spacial score (nSPS) is 18.9. The molecule has 6 atom stereocenters. The molecule has 1 saturated heterocycles. The summed E-state index contributed by atoms with van der Waals surface area (Å²) in [6, 6.07) is 15.6. The minimum absolute atomic E-state index is 0.00902. The van der Waals surface area contributed by atoms with E-state index < -0.39 is 105 Å². The lowest BCUT2D eigenvalue weighted by Crippen LogP contribution is -2.56. The highest BCUT2D eigenvalue weighted by atomic mass is 32.2. The summed E-state index contributed by atoms with van der Waals surface area (Å²) < 4.78 is 42.9. The number of cyclic esters (lactones) is 1.